The summed E-state index contributed by atoms with van der Waals surface area (Å²) in [6, 6.07) is 4.67. The summed E-state index contributed by atoms with van der Waals surface area (Å²) in [5.74, 6) is -0.679. The summed E-state index contributed by atoms with van der Waals surface area (Å²) in [5.41, 5.74) is 0.513. The molecule has 1 aromatic carbocycles. The van der Waals surface area contributed by atoms with Gasteiger partial charge in [0.05, 0.1) is 11.1 Å². The number of aromatic hydroxyl groups is 1. The number of phenols is 1. The Hall–Kier alpha value is -1.84. The summed E-state index contributed by atoms with van der Waals surface area (Å²) in [6.45, 7) is 0. The topological polar surface area (TPSA) is 57.6 Å². The molecule has 18 heavy (non-hydrogen) atoms. The van der Waals surface area contributed by atoms with E-state index in [1.54, 1.807) is 12.1 Å². The monoisotopic (exact) mass is 245 g/mol. The van der Waals surface area contributed by atoms with Crippen LogP contribution in [0.3, 0.4) is 0 Å². The van der Waals surface area contributed by atoms with Crippen LogP contribution in [0.4, 0.5) is 0 Å². The van der Waals surface area contributed by atoms with E-state index in [-0.39, 0.29) is 29.2 Å². The van der Waals surface area contributed by atoms with Gasteiger partial charge in [0.25, 0.3) is 11.8 Å². The first-order valence-corrected chi connectivity index (χ1v) is 6.40. The van der Waals surface area contributed by atoms with Crippen molar-refractivity contribution in [3.8, 4) is 5.75 Å². The van der Waals surface area contributed by atoms with Crippen LogP contribution in [0.25, 0.3) is 0 Å². The van der Waals surface area contributed by atoms with E-state index in [0.29, 0.717) is 5.56 Å². The van der Waals surface area contributed by atoms with E-state index in [0.717, 1.165) is 25.7 Å². The molecule has 3 rings (SSSR count). The Bertz CT molecular complexity index is 518. The number of phenolic OH excluding ortho intramolecular Hbond substituents is 1. The van der Waals surface area contributed by atoms with Gasteiger partial charge in [-0.25, -0.2) is 0 Å². The molecule has 1 aliphatic heterocycles. The molecule has 4 nitrogen and oxygen atoms in total. The van der Waals surface area contributed by atoms with Crippen molar-refractivity contribution in [2.24, 2.45) is 0 Å². The quantitative estimate of drug-likeness (QED) is 0.772. The fourth-order valence-electron chi connectivity index (χ4n) is 2.96. The Balaban J connectivity index is 1.99. The molecule has 1 fully saturated rings. The first-order chi connectivity index (χ1) is 8.70. The SMILES string of the molecule is O=C1c2cccc(O)c2C(=O)N1C1CCCCC1. The van der Waals surface area contributed by atoms with Crippen LogP contribution >= 0.6 is 0 Å². The highest BCUT2D eigenvalue weighted by Gasteiger charge is 2.41. The van der Waals surface area contributed by atoms with Gasteiger partial charge in [0.1, 0.15) is 5.75 Å². The molecule has 1 N–H and O–H groups in total. The van der Waals surface area contributed by atoms with E-state index in [4.69, 9.17) is 0 Å². The van der Waals surface area contributed by atoms with Gasteiger partial charge >= 0.3 is 0 Å². The van der Waals surface area contributed by atoms with Crippen LogP contribution in [0, 0.1) is 0 Å². The molecule has 0 unspecified atom stereocenters. The Morgan fingerprint density at radius 3 is 2.44 bits per heavy atom. The lowest BCUT2D eigenvalue weighted by Gasteiger charge is -2.29. The molecule has 94 valence electrons. The van der Waals surface area contributed by atoms with E-state index in [1.165, 1.54) is 17.4 Å². The van der Waals surface area contributed by atoms with Crippen LogP contribution in [-0.2, 0) is 0 Å². The molecule has 0 bridgehead atoms. The van der Waals surface area contributed by atoms with Crippen molar-refractivity contribution in [3.63, 3.8) is 0 Å². The smallest absolute Gasteiger partial charge is 0.265 e. The summed E-state index contributed by atoms with van der Waals surface area (Å²) in [5, 5.41) is 9.74. The van der Waals surface area contributed by atoms with Crippen LogP contribution in [0.1, 0.15) is 52.8 Å². The molecule has 0 saturated heterocycles. The zero-order chi connectivity index (χ0) is 12.7. The second kappa shape index (κ2) is 4.12. The summed E-state index contributed by atoms with van der Waals surface area (Å²) >= 11 is 0. The third-order valence-corrected chi connectivity index (χ3v) is 3.86. The van der Waals surface area contributed by atoms with Gasteiger partial charge in [0, 0.05) is 6.04 Å². The second-order valence-electron chi connectivity index (χ2n) is 4.97. The van der Waals surface area contributed by atoms with E-state index in [9.17, 15) is 14.7 Å². The van der Waals surface area contributed by atoms with Gasteiger partial charge in [-0.2, -0.15) is 0 Å². The number of hydrogen-bond acceptors (Lipinski definition) is 3. The van der Waals surface area contributed by atoms with Crippen LogP contribution in [0.15, 0.2) is 18.2 Å². The highest BCUT2D eigenvalue weighted by molar-refractivity contribution is 6.22. The molecule has 0 aromatic heterocycles. The molecule has 1 aromatic rings. The summed E-state index contributed by atoms with van der Waals surface area (Å²) in [7, 11) is 0. The minimum Gasteiger partial charge on any atom is -0.507 e. The van der Waals surface area contributed by atoms with Gasteiger partial charge < -0.3 is 5.11 Å². The largest absolute Gasteiger partial charge is 0.507 e. The molecule has 1 aliphatic carbocycles. The Morgan fingerprint density at radius 1 is 1.06 bits per heavy atom. The lowest BCUT2D eigenvalue weighted by atomic mass is 9.94. The molecule has 2 amide bonds. The van der Waals surface area contributed by atoms with Gasteiger partial charge in [-0.1, -0.05) is 25.3 Å². The van der Waals surface area contributed by atoms with E-state index in [2.05, 4.69) is 0 Å². The van der Waals surface area contributed by atoms with Crippen LogP contribution < -0.4 is 0 Å². The molecule has 0 radical (unpaired) electrons. The highest BCUT2D eigenvalue weighted by atomic mass is 16.3. The molecular formula is C14H15NO3. The lowest BCUT2D eigenvalue weighted by molar-refractivity contribution is 0.0548. The number of rotatable bonds is 1. The van der Waals surface area contributed by atoms with Crippen LogP contribution in [0.5, 0.6) is 5.75 Å². The molecule has 4 heteroatoms. The first-order valence-electron chi connectivity index (χ1n) is 6.40. The number of amides is 2. The number of carbonyl (C=O) groups excluding carboxylic acids is 2. The Labute approximate surface area is 105 Å². The van der Waals surface area contributed by atoms with Crippen LogP contribution in [0.2, 0.25) is 0 Å². The predicted octanol–water partition coefficient (Wildman–Crippen LogP) is 2.32. The molecule has 1 saturated carbocycles. The molecule has 2 aliphatic rings. The lowest BCUT2D eigenvalue weighted by Crippen LogP contribution is -2.40. The van der Waals surface area contributed by atoms with Crippen molar-refractivity contribution in [2.75, 3.05) is 0 Å². The van der Waals surface area contributed by atoms with Gasteiger partial charge in [-0.3, -0.25) is 14.5 Å². The molecular weight excluding hydrogens is 230 g/mol. The van der Waals surface area contributed by atoms with E-state index in [1.807, 2.05) is 0 Å². The third-order valence-electron chi connectivity index (χ3n) is 3.86. The van der Waals surface area contributed by atoms with Crippen LogP contribution in [-0.4, -0.2) is 27.9 Å². The fourth-order valence-corrected chi connectivity index (χ4v) is 2.96. The minimum atomic E-state index is -0.333. The van der Waals surface area contributed by atoms with Crippen molar-refractivity contribution >= 4 is 11.8 Å². The summed E-state index contributed by atoms with van der Waals surface area (Å²) in [4.78, 5) is 25.9. The average Bonchev–Trinajstić information content (AvgIpc) is 2.64. The maximum atomic E-state index is 12.3. The molecule has 0 spiro atoms. The van der Waals surface area contributed by atoms with Gasteiger partial charge in [0.2, 0.25) is 0 Å². The normalized spacial score (nSPS) is 20.3. The Morgan fingerprint density at radius 2 is 1.78 bits per heavy atom. The van der Waals surface area contributed by atoms with Crippen molar-refractivity contribution in [1.82, 2.24) is 4.90 Å². The van der Waals surface area contributed by atoms with Crippen molar-refractivity contribution in [2.45, 2.75) is 38.1 Å². The maximum Gasteiger partial charge on any atom is 0.265 e. The maximum absolute atomic E-state index is 12.3. The second-order valence-corrected chi connectivity index (χ2v) is 4.97. The number of hydrogen-bond donors (Lipinski definition) is 1. The molecule has 0 atom stereocenters. The van der Waals surface area contributed by atoms with Gasteiger partial charge in [-0.05, 0) is 25.0 Å². The zero-order valence-corrected chi connectivity index (χ0v) is 10.1. The number of benzene rings is 1. The van der Waals surface area contributed by atoms with E-state index < -0.39 is 0 Å². The van der Waals surface area contributed by atoms with Gasteiger partial charge in [0.15, 0.2) is 0 Å². The van der Waals surface area contributed by atoms with Crippen molar-refractivity contribution < 1.29 is 14.7 Å². The number of imide groups is 1. The number of carbonyl (C=O) groups is 2. The molecule has 1 heterocycles. The summed E-state index contributed by atoms with van der Waals surface area (Å²) < 4.78 is 0. The van der Waals surface area contributed by atoms with Gasteiger partial charge in [-0.15, -0.1) is 0 Å². The number of nitrogens with zero attached hydrogens (tertiary/aromatic N) is 1. The Kier molecular flexibility index (Phi) is 2.58. The standard InChI is InChI=1S/C14H15NO3/c16-11-8-4-7-10-12(11)14(18)15(13(10)17)9-5-2-1-3-6-9/h4,7-9,16H,1-3,5-6H2. The fraction of sp³-hybridized carbons (Fsp3) is 0.429. The number of fused-ring (bicyclic) bond motifs is 1. The van der Waals surface area contributed by atoms with Crippen molar-refractivity contribution in [1.29, 1.82) is 0 Å². The average molecular weight is 245 g/mol. The van der Waals surface area contributed by atoms with Crippen molar-refractivity contribution in [3.05, 3.63) is 29.3 Å². The minimum absolute atomic E-state index is 0.00514. The highest BCUT2D eigenvalue weighted by Crippen LogP contribution is 2.34. The third kappa shape index (κ3) is 1.52. The first kappa shape index (κ1) is 11.3. The predicted molar refractivity (Wildman–Crippen MR) is 65.5 cm³/mol. The summed E-state index contributed by atoms with van der Waals surface area (Å²) in [6.07, 6.45) is 5.05. The van der Waals surface area contributed by atoms with E-state index >= 15 is 0 Å². The zero-order valence-electron chi connectivity index (χ0n) is 10.1.